The summed E-state index contributed by atoms with van der Waals surface area (Å²) in [6, 6.07) is 22.3. The van der Waals surface area contributed by atoms with Crippen molar-refractivity contribution in [3.63, 3.8) is 0 Å². The molecule has 3 heterocycles. The maximum atomic E-state index is 14.9. The molecule has 2 fully saturated rings. The summed E-state index contributed by atoms with van der Waals surface area (Å²) in [5.74, 6) is 0.507. The maximum Gasteiger partial charge on any atom is 0.264 e. The summed E-state index contributed by atoms with van der Waals surface area (Å²) in [7, 11) is -0.722. The van der Waals surface area contributed by atoms with Crippen molar-refractivity contribution < 1.29 is 24.2 Å². The molecule has 2 saturated heterocycles. The zero-order valence-corrected chi connectivity index (χ0v) is 30.9. The Hall–Kier alpha value is -2.25. The fourth-order valence-corrected chi connectivity index (χ4v) is 13.1. The quantitative estimate of drug-likeness (QED) is 0.217. The number of aliphatic hydroxyl groups is 1. The van der Waals surface area contributed by atoms with Gasteiger partial charge in [0, 0.05) is 26.1 Å². The van der Waals surface area contributed by atoms with Crippen LogP contribution in [0.2, 0.25) is 18.6 Å². The first-order valence-electron chi connectivity index (χ1n) is 15.6. The highest BCUT2D eigenvalue weighted by Crippen LogP contribution is 2.60. The number of amides is 2. The lowest BCUT2D eigenvalue weighted by atomic mass is 9.82. The number of carbonyl (C=O) groups excluding carboxylic acids is 2. The third kappa shape index (κ3) is 5.68. The van der Waals surface area contributed by atoms with Crippen LogP contribution in [0.25, 0.3) is 0 Å². The molecule has 6 rings (SSSR count). The summed E-state index contributed by atoms with van der Waals surface area (Å²) in [4.78, 5) is 32.5. The minimum Gasteiger partial charge on any atom is -0.497 e. The van der Waals surface area contributed by atoms with Gasteiger partial charge in [0.25, 0.3) is 5.91 Å². The largest absolute Gasteiger partial charge is 0.497 e. The monoisotopic (exact) mass is 802 g/mol. The van der Waals surface area contributed by atoms with Crippen LogP contribution in [0.5, 0.6) is 5.75 Å². The van der Waals surface area contributed by atoms with E-state index in [4.69, 9.17) is 9.47 Å². The number of hydrogen-bond donors (Lipinski definition) is 1. The topological polar surface area (TPSA) is 79.3 Å². The third-order valence-electron chi connectivity index (χ3n) is 10.3. The minimum absolute atomic E-state index is 0.0130. The molecular formula is C35H40BrIN2O5Si. The van der Waals surface area contributed by atoms with E-state index >= 15 is 0 Å². The summed E-state index contributed by atoms with van der Waals surface area (Å²) in [5, 5.41) is 11.2. The van der Waals surface area contributed by atoms with Crippen LogP contribution in [0, 0.1) is 9.49 Å². The molecule has 3 aromatic rings. The van der Waals surface area contributed by atoms with Gasteiger partial charge in [-0.3, -0.25) is 9.59 Å². The molecule has 5 atom stereocenters. The first-order chi connectivity index (χ1) is 21.5. The van der Waals surface area contributed by atoms with Gasteiger partial charge in [-0.15, -0.1) is 0 Å². The van der Waals surface area contributed by atoms with Crippen LogP contribution >= 0.6 is 38.5 Å². The highest BCUT2D eigenvalue weighted by molar-refractivity contribution is 14.1. The number of carbonyl (C=O) groups is 2. The van der Waals surface area contributed by atoms with E-state index < -0.39 is 19.8 Å². The summed E-state index contributed by atoms with van der Waals surface area (Å²) >= 11 is 5.98. The Morgan fingerprint density at radius 1 is 1.16 bits per heavy atom. The summed E-state index contributed by atoms with van der Waals surface area (Å²) in [6.07, 6.45) is 1.39. The molecule has 7 nitrogen and oxygen atoms in total. The zero-order valence-electron chi connectivity index (χ0n) is 26.1. The number of anilines is 1. The Morgan fingerprint density at radius 3 is 2.60 bits per heavy atom. The molecular weight excluding hydrogens is 763 g/mol. The molecule has 45 heavy (non-hydrogen) atoms. The van der Waals surface area contributed by atoms with Gasteiger partial charge >= 0.3 is 0 Å². The number of aliphatic hydroxyl groups excluding tert-OH is 1. The van der Waals surface area contributed by atoms with Crippen molar-refractivity contribution in [1.29, 1.82) is 0 Å². The lowest BCUT2D eigenvalue weighted by molar-refractivity contribution is -0.150. The van der Waals surface area contributed by atoms with Gasteiger partial charge in [-0.2, -0.15) is 0 Å². The molecule has 0 unspecified atom stereocenters. The zero-order chi connectivity index (χ0) is 32.1. The summed E-state index contributed by atoms with van der Waals surface area (Å²) < 4.78 is 14.6. The van der Waals surface area contributed by atoms with E-state index in [1.807, 2.05) is 52.3 Å². The first-order valence-corrected chi connectivity index (χ1v) is 20.5. The van der Waals surface area contributed by atoms with Gasteiger partial charge in [-0.25, -0.2) is 0 Å². The molecule has 1 N–H and O–H groups in total. The smallest absolute Gasteiger partial charge is 0.264 e. The second-order valence-corrected chi connectivity index (χ2v) is 20.0. The number of nitrogens with zero attached hydrogens (tertiary/aromatic N) is 2. The normalized spacial score (nSPS) is 26.2. The lowest BCUT2D eigenvalue weighted by Gasteiger charge is -2.37. The van der Waals surface area contributed by atoms with E-state index in [-0.39, 0.29) is 42.3 Å². The molecule has 3 aliphatic rings. The Balaban J connectivity index is 1.44. The number of fused-ring (bicyclic) bond motifs is 2. The number of halogens is 2. The first kappa shape index (κ1) is 32.7. The Bertz CT molecular complexity index is 1600. The molecule has 0 radical (unpaired) electrons. The van der Waals surface area contributed by atoms with Crippen molar-refractivity contribution in [3.8, 4) is 5.75 Å². The van der Waals surface area contributed by atoms with Crippen LogP contribution in [0.15, 0.2) is 71.2 Å². The SMILES string of the molecule is COc1ccc([Si](C)(C)[C@@H]2[C@@H](CC(=O)N3CCC[C@H]3CO)O[C@]3(C(=O)N(Cc4cccc(I)c4)c4ccc(Br)cc43)[C@H]2C)cc1. The summed E-state index contributed by atoms with van der Waals surface area (Å²) in [5.41, 5.74) is 1.48. The number of benzene rings is 3. The number of methoxy groups -OCH3 is 1. The second-order valence-electron chi connectivity index (χ2n) is 13.1. The van der Waals surface area contributed by atoms with Crippen LogP contribution in [-0.4, -0.2) is 62.3 Å². The van der Waals surface area contributed by atoms with Crippen molar-refractivity contribution in [2.75, 3.05) is 25.2 Å². The fourth-order valence-electron chi connectivity index (χ4n) is 8.10. The van der Waals surface area contributed by atoms with Crippen molar-refractivity contribution >= 4 is 69.3 Å². The molecule has 2 amide bonds. The Labute approximate surface area is 288 Å². The molecule has 238 valence electrons. The van der Waals surface area contributed by atoms with E-state index in [9.17, 15) is 14.7 Å². The van der Waals surface area contributed by atoms with E-state index in [0.29, 0.717) is 13.1 Å². The molecule has 0 bridgehead atoms. The molecule has 3 aromatic carbocycles. The predicted molar refractivity (Wildman–Crippen MR) is 191 cm³/mol. The van der Waals surface area contributed by atoms with Crippen molar-refractivity contribution in [2.45, 2.75) is 69.1 Å². The van der Waals surface area contributed by atoms with Crippen molar-refractivity contribution in [1.82, 2.24) is 4.90 Å². The number of likely N-dealkylation sites (tertiary alicyclic amines) is 1. The molecule has 10 heteroatoms. The standard InChI is InChI=1S/C35H40BrIN2O5Si/c1-22-33(45(3,4)28-13-11-27(43-2)12-14-28)31(19-32(41)38-16-6-9-26(38)21-40)44-35(22)29-18-24(36)10-15-30(29)39(34(35)42)20-23-7-5-8-25(37)17-23/h5,7-8,10-15,17-18,22,26,31,33,40H,6,9,16,19-21H2,1-4H3/t22-,26-,31+,33-,35+/m0/s1. The minimum atomic E-state index is -2.39. The van der Waals surface area contributed by atoms with Crippen LogP contribution in [-0.2, 0) is 26.5 Å². The number of rotatable bonds is 8. The van der Waals surface area contributed by atoms with Gasteiger partial charge in [0.1, 0.15) is 5.75 Å². The van der Waals surface area contributed by atoms with Crippen molar-refractivity contribution in [3.05, 3.63) is 85.9 Å². The highest BCUT2D eigenvalue weighted by Gasteiger charge is 2.66. The van der Waals surface area contributed by atoms with Gasteiger partial charge in [0.05, 0.1) is 52.6 Å². The van der Waals surface area contributed by atoms with Gasteiger partial charge in [-0.05, 0) is 89.0 Å². The van der Waals surface area contributed by atoms with E-state index in [1.165, 1.54) is 5.19 Å². The number of hydrogen-bond acceptors (Lipinski definition) is 5. The van der Waals surface area contributed by atoms with Crippen LogP contribution in [0.1, 0.15) is 37.3 Å². The second kappa shape index (κ2) is 12.7. The van der Waals surface area contributed by atoms with Gasteiger partial charge in [0.2, 0.25) is 5.91 Å². The maximum absolute atomic E-state index is 14.9. The summed E-state index contributed by atoms with van der Waals surface area (Å²) in [6.45, 7) is 7.83. The third-order valence-corrected chi connectivity index (χ3v) is 15.8. The average Bonchev–Trinajstić information content (AvgIpc) is 3.68. The van der Waals surface area contributed by atoms with E-state index in [1.54, 1.807) is 7.11 Å². The highest BCUT2D eigenvalue weighted by atomic mass is 127. The van der Waals surface area contributed by atoms with Gasteiger partial charge in [-0.1, -0.05) is 65.4 Å². The van der Waals surface area contributed by atoms with Crippen LogP contribution < -0.4 is 14.8 Å². The Morgan fingerprint density at radius 2 is 1.91 bits per heavy atom. The molecule has 3 aliphatic heterocycles. The Kier molecular flexibility index (Phi) is 9.25. The molecule has 1 spiro atoms. The molecule has 0 aromatic heterocycles. The van der Waals surface area contributed by atoms with E-state index in [0.717, 1.165) is 43.4 Å². The van der Waals surface area contributed by atoms with Gasteiger partial charge < -0.3 is 24.4 Å². The predicted octanol–water partition coefficient (Wildman–Crippen LogP) is 6.20. The molecule has 0 saturated carbocycles. The molecule has 0 aliphatic carbocycles. The lowest BCUT2D eigenvalue weighted by Crippen LogP contribution is -2.52. The number of ether oxygens (including phenoxy) is 2. The average molecular weight is 804 g/mol. The van der Waals surface area contributed by atoms with Gasteiger partial charge in [0.15, 0.2) is 5.60 Å². The fraction of sp³-hybridized carbons (Fsp3) is 0.429. The van der Waals surface area contributed by atoms with Crippen LogP contribution in [0.3, 0.4) is 0 Å². The van der Waals surface area contributed by atoms with Crippen LogP contribution in [0.4, 0.5) is 5.69 Å². The van der Waals surface area contributed by atoms with Crippen molar-refractivity contribution in [2.24, 2.45) is 5.92 Å². The van der Waals surface area contributed by atoms with E-state index in [2.05, 4.69) is 82.8 Å².